The number of nitrogens with zero attached hydrogens (tertiary/aromatic N) is 3. The summed E-state index contributed by atoms with van der Waals surface area (Å²) in [7, 11) is 0. The zero-order chi connectivity index (χ0) is 17.9. The SMILES string of the molecule is O=C(NCc1ccncc1)C1CCN(c2nc3c(F)cccc3s2)CC1. The van der Waals surface area contributed by atoms with E-state index in [0.717, 1.165) is 41.3 Å². The summed E-state index contributed by atoms with van der Waals surface area (Å²) in [5.41, 5.74) is 1.48. The van der Waals surface area contributed by atoms with Crippen molar-refractivity contribution in [2.45, 2.75) is 19.4 Å². The molecule has 3 aromatic rings. The van der Waals surface area contributed by atoms with Crippen molar-refractivity contribution in [3.05, 3.63) is 54.1 Å². The molecule has 1 saturated heterocycles. The molecule has 0 saturated carbocycles. The maximum atomic E-state index is 13.8. The Morgan fingerprint density at radius 3 is 2.73 bits per heavy atom. The van der Waals surface area contributed by atoms with E-state index < -0.39 is 0 Å². The number of para-hydroxylation sites is 1. The highest BCUT2D eigenvalue weighted by atomic mass is 32.1. The van der Waals surface area contributed by atoms with Crippen LogP contribution in [0.25, 0.3) is 10.2 Å². The molecule has 1 aliphatic rings. The first-order chi connectivity index (χ1) is 12.7. The van der Waals surface area contributed by atoms with Crippen LogP contribution < -0.4 is 10.2 Å². The average Bonchev–Trinajstić information content (AvgIpc) is 3.13. The van der Waals surface area contributed by atoms with Crippen LogP contribution in [0, 0.1) is 11.7 Å². The number of nitrogens with one attached hydrogen (secondary N) is 1. The van der Waals surface area contributed by atoms with E-state index in [0.29, 0.717) is 12.1 Å². The van der Waals surface area contributed by atoms with Gasteiger partial charge in [0.05, 0.1) is 4.70 Å². The molecule has 1 N–H and O–H groups in total. The summed E-state index contributed by atoms with van der Waals surface area (Å²) < 4.78 is 14.7. The second-order valence-electron chi connectivity index (χ2n) is 6.42. The van der Waals surface area contributed by atoms with Gasteiger partial charge in [0, 0.05) is 37.9 Å². The lowest BCUT2D eigenvalue weighted by Crippen LogP contribution is -2.40. The van der Waals surface area contributed by atoms with Crippen molar-refractivity contribution in [1.82, 2.24) is 15.3 Å². The lowest BCUT2D eigenvalue weighted by atomic mass is 9.96. The number of fused-ring (bicyclic) bond motifs is 1. The molecular weight excluding hydrogens is 351 g/mol. The van der Waals surface area contributed by atoms with E-state index in [2.05, 4.69) is 20.2 Å². The predicted octanol–water partition coefficient (Wildman–Crippen LogP) is 3.36. The summed E-state index contributed by atoms with van der Waals surface area (Å²) in [4.78, 5) is 23.0. The number of hydrogen-bond donors (Lipinski definition) is 1. The van der Waals surface area contributed by atoms with Crippen molar-refractivity contribution in [3.63, 3.8) is 0 Å². The molecule has 7 heteroatoms. The first-order valence-corrected chi connectivity index (χ1v) is 9.49. The number of thiazole rings is 1. The zero-order valence-corrected chi connectivity index (χ0v) is 15.0. The Kier molecular flexibility index (Phi) is 4.79. The van der Waals surface area contributed by atoms with Crippen molar-refractivity contribution in [3.8, 4) is 0 Å². The molecule has 1 aromatic carbocycles. The maximum absolute atomic E-state index is 13.8. The Morgan fingerprint density at radius 2 is 2.00 bits per heavy atom. The van der Waals surface area contributed by atoms with Gasteiger partial charge in [-0.3, -0.25) is 9.78 Å². The number of benzene rings is 1. The number of piperidine rings is 1. The van der Waals surface area contributed by atoms with Crippen molar-refractivity contribution in [2.24, 2.45) is 5.92 Å². The van der Waals surface area contributed by atoms with Gasteiger partial charge in [-0.25, -0.2) is 9.37 Å². The topological polar surface area (TPSA) is 58.1 Å². The third kappa shape index (κ3) is 3.53. The Bertz CT molecular complexity index is 906. The van der Waals surface area contributed by atoms with Gasteiger partial charge in [-0.15, -0.1) is 0 Å². The van der Waals surface area contributed by atoms with Gasteiger partial charge < -0.3 is 10.2 Å². The molecule has 0 bridgehead atoms. The highest BCUT2D eigenvalue weighted by molar-refractivity contribution is 7.22. The summed E-state index contributed by atoms with van der Waals surface area (Å²) in [6, 6.07) is 8.83. The zero-order valence-electron chi connectivity index (χ0n) is 14.2. The number of anilines is 1. The molecule has 0 spiro atoms. The van der Waals surface area contributed by atoms with Crippen LogP contribution >= 0.6 is 11.3 Å². The minimum atomic E-state index is -0.282. The summed E-state index contributed by atoms with van der Waals surface area (Å²) >= 11 is 1.50. The number of aromatic nitrogens is 2. The van der Waals surface area contributed by atoms with E-state index in [1.54, 1.807) is 18.5 Å². The lowest BCUT2D eigenvalue weighted by molar-refractivity contribution is -0.125. The van der Waals surface area contributed by atoms with E-state index in [1.807, 2.05) is 18.2 Å². The lowest BCUT2D eigenvalue weighted by Gasteiger charge is -2.31. The minimum Gasteiger partial charge on any atom is -0.352 e. The number of pyridine rings is 1. The molecule has 1 amide bonds. The van der Waals surface area contributed by atoms with Crippen molar-refractivity contribution < 1.29 is 9.18 Å². The van der Waals surface area contributed by atoms with E-state index in [9.17, 15) is 9.18 Å². The van der Waals surface area contributed by atoms with Crippen LogP contribution in [0.1, 0.15) is 18.4 Å². The fraction of sp³-hybridized carbons (Fsp3) is 0.316. The van der Waals surface area contributed by atoms with Crippen LogP contribution in [0.15, 0.2) is 42.7 Å². The van der Waals surface area contributed by atoms with E-state index >= 15 is 0 Å². The highest BCUT2D eigenvalue weighted by Crippen LogP contribution is 2.32. The fourth-order valence-corrected chi connectivity index (χ4v) is 4.24. The quantitative estimate of drug-likeness (QED) is 0.765. The molecule has 1 aliphatic heterocycles. The molecule has 0 radical (unpaired) electrons. The first kappa shape index (κ1) is 16.9. The summed E-state index contributed by atoms with van der Waals surface area (Å²) in [6.07, 6.45) is 5.00. The number of carbonyl (C=O) groups is 1. The molecule has 134 valence electrons. The number of amides is 1. The van der Waals surface area contributed by atoms with Gasteiger partial charge in [0.15, 0.2) is 5.13 Å². The van der Waals surface area contributed by atoms with E-state index in [4.69, 9.17) is 0 Å². The Morgan fingerprint density at radius 1 is 1.23 bits per heavy atom. The van der Waals surface area contributed by atoms with Gasteiger partial charge in [-0.1, -0.05) is 17.4 Å². The molecule has 2 aromatic heterocycles. The molecule has 4 rings (SSSR count). The summed E-state index contributed by atoms with van der Waals surface area (Å²) in [5, 5.41) is 3.84. The molecule has 0 aliphatic carbocycles. The van der Waals surface area contributed by atoms with Crippen LogP contribution in [0.2, 0.25) is 0 Å². The normalized spacial score (nSPS) is 15.3. The van der Waals surface area contributed by atoms with Crippen LogP contribution in [-0.4, -0.2) is 29.0 Å². The van der Waals surface area contributed by atoms with Gasteiger partial charge in [-0.2, -0.15) is 0 Å². The minimum absolute atomic E-state index is 0.0131. The van der Waals surface area contributed by atoms with E-state index in [-0.39, 0.29) is 17.6 Å². The third-order valence-corrected chi connectivity index (χ3v) is 5.79. The largest absolute Gasteiger partial charge is 0.352 e. The summed E-state index contributed by atoms with van der Waals surface area (Å²) in [6.45, 7) is 2.04. The molecule has 3 heterocycles. The molecule has 0 unspecified atom stereocenters. The van der Waals surface area contributed by atoms with Gasteiger partial charge >= 0.3 is 0 Å². The Hall–Kier alpha value is -2.54. The van der Waals surface area contributed by atoms with Gasteiger partial charge in [0.1, 0.15) is 11.3 Å². The van der Waals surface area contributed by atoms with Crippen molar-refractivity contribution in [2.75, 3.05) is 18.0 Å². The number of hydrogen-bond acceptors (Lipinski definition) is 5. The molecule has 0 atom stereocenters. The van der Waals surface area contributed by atoms with Crippen LogP contribution in [-0.2, 0) is 11.3 Å². The van der Waals surface area contributed by atoms with Gasteiger partial charge in [0.25, 0.3) is 0 Å². The van der Waals surface area contributed by atoms with Crippen LogP contribution in [0.3, 0.4) is 0 Å². The van der Waals surface area contributed by atoms with Crippen LogP contribution in [0.4, 0.5) is 9.52 Å². The second kappa shape index (κ2) is 7.37. The highest BCUT2D eigenvalue weighted by Gasteiger charge is 2.26. The third-order valence-electron chi connectivity index (χ3n) is 4.71. The number of rotatable bonds is 4. The predicted molar refractivity (Wildman–Crippen MR) is 101 cm³/mol. The standard InChI is InChI=1S/C19H19FN4OS/c20-15-2-1-3-16-17(15)23-19(26-16)24-10-6-14(7-11-24)18(25)22-12-13-4-8-21-9-5-13/h1-5,8-9,14H,6-7,10-12H2,(H,22,25). The smallest absolute Gasteiger partial charge is 0.223 e. The van der Waals surface area contributed by atoms with Crippen molar-refractivity contribution >= 4 is 32.6 Å². The molecule has 1 fully saturated rings. The monoisotopic (exact) mass is 370 g/mol. The van der Waals surface area contributed by atoms with Crippen molar-refractivity contribution in [1.29, 1.82) is 0 Å². The first-order valence-electron chi connectivity index (χ1n) is 8.67. The second-order valence-corrected chi connectivity index (χ2v) is 7.43. The van der Waals surface area contributed by atoms with E-state index in [1.165, 1.54) is 17.4 Å². The number of carbonyl (C=O) groups excluding carboxylic acids is 1. The summed E-state index contributed by atoms with van der Waals surface area (Å²) in [5.74, 6) is -0.175. The fourth-order valence-electron chi connectivity index (χ4n) is 3.21. The molecule has 5 nitrogen and oxygen atoms in total. The van der Waals surface area contributed by atoms with Crippen LogP contribution in [0.5, 0.6) is 0 Å². The number of halogens is 1. The van der Waals surface area contributed by atoms with Gasteiger partial charge in [-0.05, 0) is 42.7 Å². The Labute approximate surface area is 154 Å². The maximum Gasteiger partial charge on any atom is 0.223 e. The molecular formula is C19H19FN4OS. The molecule has 26 heavy (non-hydrogen) atoms. The van der Waals surface area contributed by atoms with Gasteiger partial charge in [0.2, 0.25) is 5.91 Å². The average molecular weight is 370 g/mol. The Balaban J connectivity index is 1.34.